The van der Waals surface area contributed by atoms with E-state index in [2.05, 4.69) is 9.99 Å². The standard InChI is InChI=1S/C11H11NO3/c1-8(13)11(12-15-9(2)14)10-6-4-3-5-7-10/h3-7H,1-2H3/b12-11+. The molecule has 4 heteroatoms. The summed E-state index contributed by atoms with van der Waals surface area (Å²) in [6.45, 7) is 2.60. The second-order valence-corrected chi connectivity index (χ2v) is 2.94. The largest absolute Gasteiger partial charge is 0.332 e. The van der Waals surface area contributed by atoms with Gasteiger partial charge in [0.1, 0.15) is 0 Å². The van der Waals surface area contributed by atoms with Gasteiger partial charge in [-0.05, 0) is 0 Å². The van der Waals surface area contributed by atoms with Gasteiger partial charge in [-0.1, -0.05) is 35.5 Å². The molecule has 0 bridgehead atoms. The van der Waals surface area contributed by atoms with Crippen molar-refractivity contribution in [3.8, 4) is 0 Å². The molecule has 1 aromatic carbocycles. The number of hydrogen-bond donors (Lipinski definition) is 0. The zero-order chi connectivity index (χ0) is 11.3. The minimum atomic E-state index is -0.551. The summed E-state index contributed by atoms with van der Waals surface area (Å²) in [5.41, 5.74) is 0.775. The van der Waals surface area contributed by atoms with E-state index in [9.17, 15) is 9.59 Å². The molecule has 0 heterocycles. The summed E-state index contributed by atoms with van der Waals surface area (Å²) in [6.07, 6.45) is 0. The van der Waals surface area contributed by atoms with Crippen LogP contribution in [0.5, 0.6) is 0 Å². The number of Topliss-reactive ketones (excluding diaryl/α,β-unsaturated/α-hetero) is 1. The van der Waals surface area contributed by atoms with E-state index < -0.39 is 5.97 Å². The molecule has 0 aliphatic carbocycles. The molecule has 1 rings (SSSR count). The molecule has 0 N–H and O–H groups in total. The molecule has 0 aliphatic rings. The maximum absolute atomic E-state index is 11.2. The first-order valence-electron chi connectivity index (χ1n) is 4.43. The third-order valence-electron chi connectivity index (χ3n) is 1.65. The molecule has 0 atom stereocenters. The van der Waals surface area contributed by atoms with Gasteiger partial charge in [0.05, 0.1) is 0 Å². The summed E-state index contributed by atoms with van der Waals surface area (Å²) in [4.78, 5) is 26.2. The van der Waals surface area contributed by atoms with Crippen LogP contribution in [0.2, 0.25) is 0 Å². The van der Waals surface area contributed by atoms with Crippen molar-refractivity contribution >= 4 is 17.5 Å². The lowest BCUT2D eigenvalue weighted by atomic mass is 10.1. The highest BCUT2D eigenvalue weighted by molar-refractivity contribution is 6.45. The smallest absolute Gasteiger partial charge is 0.318 e. The average Bonchev–Trinajstić information content (AvgIpc) is 2.18. The van der Waals surface area contributed by atoms with E-state index in [0.717, 1.165) is 0 Å². The molecule has 0 aliphatic heterocycles. The van der Waals surface area contributed by atoms with Gasteiger partial charge in [0.25, 0.3) is 0 Å². The Bertz CT molecular complexity index is 396. The molecule has 0 unspecified atom stereocenters. The van der Waals surface area contributed by atoms with E-state index in [1.165, 1.54) is 13.8 Å². The molecule has 0 amide bonds. The van der Waals surface area contributed by atoms with Gasteiger partial charge in [-0.3, -0.25) is 4.79 Å². The van der Waals surface area contributed by atoms with Crippen molar-refractivity contribution < 1.29 is 14.4 Å². The Balaban J connectivity index is 2.99. The second kappa shape index (κ2) is 5.05. The second-order valence-electron chi connectivity index (χ2n) is 2.94. The zero-order valence-corrected chi connectivity index (χ0v) is 8.56. The molecule has 0 aromatic heterocycles. The fourth-order valence-electron chi connectivity index (χ4n) is 1.03. The Hall–Kier alpha value is -1.97. The Morgan fingerprint density at radius 3 is 2.20 bits per heavy atom. The predicted octanol–water partition coefficient (Wildman–Crippen LogP) is 1.54. The van der Waals surface area contributed by atoms with Gasteiger partial charge in [-0.2, -0.15) is 0 Å². The molecule has 0 radical (unpaired) electrons. The van der Waals surface area contributed by atoms with Gasteiger partial charge in [-0.15, -0.1) is 0 Å². The summed E-state index contributed by atoms with van der Waals surface area (Å²) in [7, 11) is 0. The lowest BCUT2D eigenvalue weighted by Gasteiger charge is -2.00. The van der Waals surface area contributed by atoms with Crippen LogP contribution in [0.15, 0.2) is 35.5 Å². The maximum Gasteiger partial charge on any atom is 0.332 e. The van der Waals surface area contributed by atoms with Crippen LogP contribution in [0.3, 0.4) is 0 Å². The van der Waals surface area contributed by atoms with Crippen molar-refractivity contribution in [3.05, 3.63) is 35.9 Å². The molecule has 0 spiro atoms. The fraction of sp³-hybridized carbons (Fsp3) is 0.182. The maximum atomic E-state index is 11.2. The SMILES string of the molecule is CC(=O)O/N=C(\C(C)=O)c1ccccc1. The highest BCUT2D eigenvalue weighted by Gasteiger charge is 2.09. The number of ketones is 1. The van der Waals surface area contributed by atoms with Gasteiger partial charge in [0, 0.05) is 19.4 Å². The average molecular weight is 205 g/mol. The predicted molar refractivity (Wildman–Crippen MR) is 55.4 cm³/mol. The first kappa shape index (κ1) is 11.1. The number of nitrogens with zero attached hydrogens (tertiary/aromatic N) is 1. The molecule has 78 valence electrons. The highest BCUT2D eigenvalue weighted by atomic mass is 16.7. The van der Waals surface area contributed by atoms with Crippen LogP contribution in [-0.2, 0) is 14.4 Å². The monoisotopic (exact) mass is 205 g/mol. The third kappa shape index (κ3) is 3.34. The highest BCUT2D eigenvalue weighted by Crippen LogP contribution is 2.02. The van der Waals surface area contributed by atoms with Crippen LogP contribution in [0.25, 0.3) is 0 Å². The number of carbonyl (C=O) groups is 2. The minimum Gasteiger partial charge on any atom is -0.318 e. The van der Waals surface area contributed by atoms with Gasteiger partial charge >= 0.3 is 5.97 Å². The molecule has 15 heavy (non-hydrogen) atoms. The summed E-state index contributed by atoms with van der Waals surface area (Å²) in [6, 6.07) is 8.84. The van der Waals surface area contributed by atoms with E-state index in [1.54, 1.807) is 24.3 Å². The van der Waals surface area contributed by atoms with E-state index >= 15 is 0 Å². The van der Waals surface area contributed by atoms with Crippen molar-refractivity contribution in [3.63, 3.8) is 0 Å². The molecular weight excluding hydrogens is 194 g/mol. The molecule has 0 saturated heterocycles. The van der Waals surface area contributed by atoms with Crippen LogP contribution in [-0.4, -0.2) is 17.5 Å². The normalized spacial score (nSPS) is 10.9. The number of oxime groups is 1. The summed E-state index contributed by atoms with van der Waals surface area (Å²) in [5.74, 6) is -0.799. The fourth-order valence-corrected chi connectivity index (χ4v) is 1.03. The van der Waals surface area contributed by atoms with Crippen molar-refractivity contribution in [2.24, 2.45) is 5.16 Å². The van der Waals surface area contributed by atoms with Crippen LogP contribution in [0.4, 0.5) is 0 Å². The quantitative estimate of drug-likeness (QED) is 0.427. The van der Waals surface area contributed by atoms with Crippen LogP contribution < -0.4 is 0 Å². The summed E-state index contributed by atoms with van der Waals surface area (Å²) in [5, 5.41) is 3.51. The van der Waals surface area contributed by atoms with Gasteiger partial charge < -0.3 is 4.84 Å². The van der Waals surface area contributed by atoms with Crippen molar-refractivity contribution in [1.82, 2.24) is 0 Å². The first-order valence-corrected chi connectivity index (χ1v) is 4.43. The first-order chi connectivity index (χ1) is 7.11. The summed E-state index contributed by atoms with van der Waals surface area (Å²) >= 11 is 0. The number of carbonyl (C=O) groups excluding carboxylic acids is 2. The van der Waals surface area contributed by atoms with Crippen molar-refractivity contribution in [2.75, 3.05) is 0 Å². The zero-order valence-electron chi connectivity index (χ0n) is 8.56. The van der Waals surface area contributed by atoms with E-state index in [1.807, 2.05) is 6.07 Å². The summed E-state index contributed by atoms with van der Waals surface area (Å²) < 4.78 is 0. The topological polar surface area (TPSA) is 55.7 Å². The van der Waals surface area contributed by atoms with Gasteiger partial charge in [0.2, 0.25) is 0 Å². The molecule has 4 nitrogen and oxygen atoms in total. The van der Waals surface area contributed by atoms with Crippen molar-refractivity contribution in [1.29, 1.82) is 0 Å². The molecule has 0 fully saturated rings. The van der Waals surface area contributed by atoms with E-state index in [-0.39, 0.29) is 11.5 Å². The van der Waals surface area contributed by atoms with Crippen LogP contribution in [0, 0.1) is 0 Å². The molecule has 1 aromatic rings. The number of benzene rings is 1. The lowest BCUT2D eigenvalue weighted by Crippen LogP contribution is -2.13. The number of hydrogen-bond acceptors (Lipinski definition) is 4. The Kier molecular flexibility index (Phi) is 3.74. The van der Waals surface area contributed by atoms with Gasteiger partial charge in [0.15, 0.2) is 11.5 Å². The third-order valence-corrected chi connectivity index (χ3v) is 1.65. The molecular formula is C11H11NO3. The van der Waals surface area contributed by atoms with Crippen molar-refractivity contribution in [2.45, 2.75) is 13.8 Å². The van der Waals surface area contributed by atoms with Gasteiger partial charge in [-0.25, -0.2) is 4.79 Å². The molecule has 0 saturated carbocycles. The van der Waals surface area contributed by atoms with E-state index in [4.69, 9.17) is 0 Å². The number of rotatable bonds is 3. The minimum absolute atomic E-state index is 0.144. The van der Waals surface area contributed by atoms with Crippen LogP contribution >= 0.6 is 0 Å². The Morgan fingerprint density at radius 1 is 1.13 bits per heavy atom. The van der Waals surface area contributed by atoms with Crippen LogP contribution in [0.1, 0.15) is 19.4 Å². The lowest BCUT2D eigenvalue weighted by molar-refractivity contribution is -0.140. The van der Waals surface area contributed by atoms with E-state index in [0.29, 0.717) is 5.56 Å². The Morgan fingerprint density at radius 2 is 1.73 bits per heavy atom. The Labute approximate surface area is 87.5 Å².